The number of hydrogen-bond donors (Lipinski definition) is 1. The van der Waals surface area contributed by atoms with Gasteiger partial charge in [-0.25, -0.2) is 9.46 Å². The van der Waals surface area contributed by atoms with E-state index in [2.05, 4.69) is 27.1 Å². The van der Waals surface area contributed by atoms with Crippen LogP contribution in [0.1, 0.15) is 60.0 Å². The summed E-state index contributed by atoms with van der Waals surface area (Å²) in [6.07, 6.45) is 2.87. The van der Waals surface area contributed by atoms with Gasteiger partial charge in [-0.05, 0) is 43.9 Å². The van der Waals surface area contributed by atoms with Gasteiger partial charge in [0.15, 0.2) is 6.23 Å². The van der Waals surface area contributed by atoms with E-state index in [4.69, 9.17) is 18.5 Å². The molecule has 7 rings (SSSR count). The molecule has 4 aliphatic heterocycles. The predicted molar refractivity (Wildman–Crippen MR) is 152 cm³/mol. The Bertz CT molecular complexity index is 1490. The highest BCUT2D eigenvalue weighted by molar-refractivity contribution is 7.45. The van der Waals surface area contributed by atoms with Crippen molar-refractivity contribution in [2.75, 3.05) is 18.5 Å². The maximum absolute atomic E-state index is 13.3. The molecule has 0 radical (unpaired) electrons. The highest BCUT2D eigenvalue weighted by Crippen LogP contribution is 2.63. The molecule has 1 aromatic heterocycles. The van der Waals surface area contributed by atoms with Gasteiger partial charge in [0.2, 0.25) is 0 Å². The topological polar surface area (TPSA) is 104 Å². The van der Waals surface area contributed by atoms with Crippen LogP contribution in [0.25, 0.3) is 0 Å². The second-order valence-electron chi connectivity index (χ2n) is 11.1. The van der Waals surface area contributed by atoms with Crippen LogP contribution in [0, 0.1) is 6.92 Å². The van der Waals surface area contributed by atoms with Gasteiger partial charge in [0.05, 0.1) is 6.61 Å². The number of anilines is 1. The largest absolute Gasteiger partial charge is 0.368 e. The van der Waals surface area contributed by atoms with Crippen LogP contribution < -0.4 is 11.0 Å². The number of carbonyl (C=O) groups excluding carboxylic acids is 1. The van der Waals surface area contributed by atoms with Crippen LogP contribution >= 0.6 is 8.53 Å². The number of nitrogens with zero attached hydrogens (tertiary/aromatic N) is 3. The smallest absolute Gasteiger partial charge is 0.351 e. The van der Waals surface area contributed by atoms with Crippen molar-refractivity contribution < 1.29 is 23.3 Å². The van der Waals surface area contributed by atoms with Gasteiger partial charge in [-0.15, -0.1) is 0 Å². The van der Waals surface area contributed by atoms with Gasteiger partial charge in [-0.1, -0.05) is 55.5 Å². The Labute approximate surface area is 239 Å². The highest BCUT2D eigenvalue weighted by atomic mass is 31.2. The lowest BCUT2D eigenvalue weighted by Gasteiger charge is -2.31. The van der Waals surface area contributed by atoms with E-state index in [9.17, 15) is 9.59 Å². The lowest BCUT2D eigenvalue weighted by atomic mass is 9.96. The number of ether oxygens (including phenoxy) is 2. The SMILES string of the molecule is CC[C@]12CO[C@@H](C1O[P@]1O[C@@H](c3ccccc3)[C@H]3CCCN31)[C@H](n1cc(C)c(NC(=O)c3ccccc3)nc1=O)O2. The predicted octanol–water partition coefficient (Wildman–Crippen LogP) is 4.73. The number of aryl methyl sites for hydroxylation is 1. The highest BCUT2D eigenvalue weighted by Gasteiger charge is 2.64. The van der Waals surface area contributed by atoms with Gasteiger partial charge in [0, 0.05) is 29.9 Å². The molecule has 5 heterocycles. The molecule has 1 amide bonds. The van der Waals surface area contributed by atoms with E-state index >= 15 is 0 Å². The first-order valence-corrected chi connectivity index (χ1v) is 15.3. The van der Waals surface area contributed by atoms with Crippen LogP contribution in [-0.2, 0) is 18.5 Å². The summed E-state index contributed by atoms with van der Waals surface area (Å²) in [6.45, 7) is 5.16. The van der Waals surface area contributed by atoms with E-state index in [-0.39, 0.29) is 23.9 Å². The molecule has 7 atom stereocenters. The minimum absolute atomic E-state index is 0.0350. The summed E-state index contributed by atoms with van der Waals surface area (Å²) in [4.78, 5) is 30.1. The number of rotatable bonds is 7. The molecule has 4 saturated heterocycles. The third-order valence-corrected chi connectivity index (χ3v) is 10.3. The van der Waals surface area contributed by atoms with Crippen LogP contribution in [0.5, 0.6) is 0 Å². The number of amides is 1. The first-order chi connectivity index (χ1) is 20.0. The van der Waals surface area contributed by atoms with Crippen LogP contribution in [-0.4, -0.2) is 57.1 Å². The third-order valence-electron chi connectivity index (χ3n) is 8.61. The second-order valence-corrected chi connectivity index (χ2v) is 12.5. The van der Waals surface area contributed by atoms with Gasteiger partial charge in [0.25, 0.3) is 14.4 Å². The van der Waals surface area contributed by atoms with Crippen molar-refractivity contribution in [2.45, 2.75) is 69.3 Å². The lowest BCUT2D eigenvalue weighted by molar-refractivity contribution is -0.175. The van der Waals surface area contributed by atoms with Crippen molar-refractivity contribution in [1.82, 2.24) is 14.2 Å². The van der Waals surface area contributed by atoms with E-state index in [1.54, 1.807) is 37.4 Å². The number of fused-ring (bicyclic) bond motifs is 3. The Hall–Kier alpha value is -2.98. The first kappa shape index (κ1) is 26.9. The van der Waals surface area contributed by atoms with Crippen molar-refractivity contribution in [2.24, 2.45) is 0 Å². The fraction of sp³-hybridized carbons (Fsp3) is 0.433. The molecule has 0 spiro atoms. The van der Waals surface area contributed by atoms with E-state index in [0.717, 1.165) is 24.9 Å². The maximum atomic E-state index is 13.3. The van der Waals surface area contributed by atoms with E-state index in [1.165, 1.54) is 4.57 Å². The van der Waals surface area contributed by atoms with Crippen LogP contribution in [0.3, 0.4) is 0 Å². The average molecular weight is 577 g/mol. The van der Waals surface area contributed by atoms with Crippen LogP contribution in [0.15, 0.2) is 71.7 Å². The summed E-state index contributed by atoms with van der Waals surface area (Å²) in [5.41, 5.74) is 1.05. The fourth-order valence-corrected chi connectivity index (χ4v) is 8.41. The molecule has 0 saturated carbocycles. The zero-order chi connectivity index (χ0) is 28.1. The molecule has 4 aliphatic rings. The Morgan fingerprint density at radius 1 is 1.17 bits per heavy atom. The van der Waals surface area contributed by atoms with E-state index in [1.807, 2.05) is 31.2 Å². The summed E-state index contributed by atoms with van der Waals surface area (Å²) in [7, 11) is -1.33. The molecular weight excluding hydrogens is 543 g/mol. The maximum Gasteiger partial charge on any atom is 0.351 e. The van der Waals surface area contributed by atoms with Crippen molar-refractivity contribution in [3.05, 3.63) is 94.0 Å². The Kier molecular flexibility index (Phi) is 7.01. The quantitative estimate of drug-likeness (QED) is 0.403. The Balaban J connectivity index is 1.12. The third kappa shape index (κ3) is 4.63. The number of aromatic nitrogens is 2. The number of hydrogen-bond acceptors (Lipinski definition) is 8. The molecule has 214 valence electrons. The van der Waals surface area contributed by atoms with Crippen LogP contribution in [0.2, 0.25) is 0 Å². The molecule has 1 N–H and O–H groups in total. The Morgan fingerprint density at radius 2 is 1.93 bits per heavy atom. The monoisotopic (exact) mass is 576 g/mol. The van der Waals surface area contributed by atoms with Crippen molar-refractivity contribution in [1.29, 1.82) is 0 Å². The summed E-state index contributed by atoms with van der Waals surface area (Å²) >= 11 is 0. The molecule has 2 bridgehead atoms. The summed E-state index contributed by atoms with van der Waals surface area (Å²) < 4.78 is 30.0. The zero-order valence-corrected chi connectivity index (χ0v) is 23.9. The molecule has 10 nitrogen and oxygen atoms in total. The van der Waals surface area contributed by atoms with Gasteiger partial charge >= 0.3 is 5.69 Å². The minimum Gasteiger partial charge on any atom is -0.368 e. The summed E-state index contributed by atoms with van der Waals surface area (Å²) in [5.74, 6) is -0.110. The van der Waals surface area contributed by atoms with Gasteiger partial charge in [-0.3, -0.25) is 9.36 Å². The van der Waals surface area contributed by atoms with Gasteiger partial charge in [0.1, 0.15) is 29.7 Å². The number of nitrogens with one attached hydrogen (secondary N) is 1. The molecule has 0 aliphatic carbocycles. The molecule has 11 heteroatoms. The Morgan fingerprint density at radius 3 is 2.68 bits per heavy atom. The molecular formula is C30H33N4O6P. The summed E-state index contributed by atoms with van der Waals surface area (Å²) in [6, 6.07) is 19.4. The van der Waals surface area contributed by atoms with E-state index in [0.29, 0.717) is 24.2 Å². The standard InChI is InChI=1S/C30H33N4O6P/c1-3-30-18-37-24(25(30)40-41-34-16-10-15-22(34)23(39-41)20-11-6-4-7-12-20)28(38-30)33-17-19(2)26(32-29(33)36)31-27(35)21-13-8-5-9-14-21/h4-9,11-14,17,22-25,28H,3,10,15-16,18H2,1-2H3,(H,31,32,35,36)/t22-,23+,24+,25?,28-,30+,41+/m1/s1. The van der Waals surface area contributed by atoms with Crippen molar-refractivity contribution in [3.63, 3.8) is 0 Å². The first-order valence-electron chi connectivity index (χ1n) is 14.2. The second kappa shape index (κ2) is 10.7. The van der Waals surface area contributed by atoms with Crippen molar-refractivity contribution in [3.8, 4) is 0 Å². The average Bonchev–Trinajstić information content (AvgIpc) is 3.76. The lowest BCUT2D eigenvalue weighted by Crippen LogP contribution is -2.41. The summed E-state index contributed by atoms with van der Waals surface area (Å²) in [5, 5.41) is 2.75. The minimum atomic E-state index is -1.33. The molecule has 3 aromatic rings. The zero-order valence-electron chi connectivity index (χ0n) is 23.0. The molecule has 2 aromatic carbocycles. The fourth-order valence-electron chi connectivity index (χ4n) is 6.37. The van der Waals surface area contributed by atoms with Gasteiger partial charge < -0.3 is 23.8 Å². The molecule has 1 unspecified atom stereocenters. The van der Waals surface area contributed by atoms with Crippen molar-refractivity contribution >= 4 is 20.3 Å². The number of carbonyl (C=O) groups is 1. The van der Waals surface area contributed by atoms with Crippen LogP contribution in [0.4, 0.5) is 5.82 Å². The normalized spacial score (nSPS) is 32.3. The molecule has 41 heavy (non-hydrogen) atoms. The number of benzene rings is 2. The van der Waals surface area contributed by atoms with E-state index < -0.39 is 38.3 Å². The van der Waals surface area contributed by atoms with Gasteiger partial charge in [-0.2, -0.15) is 4.98 Å². The molecule has 4 fully saturated rings.